The Kier molecular flexibility index (Phi) is 4.14. The first-order valence-electron chi connectivity index (χ1n) is 9.02. The van der Waals surface area contributed by atoms with Crippen LogP contribution in [0.1, 0.15) is 31.5 Å². The van der Waals surface area contributed by atoms with Crippen LogP contribution in [0, 0.1) is 12.8 Å². The Morgan fingerprint density at radius 2 is 2.12 bits per heavy atom. The van der Waals surface area contributed by atoms with E-state index in [0.717, 1.165) is 22.9 Å². The summed E-state index contributed by atoms with van der Waals surface area (Å²) in [7, 11) is 1.98. The Morgan fingerprint density at radius 3 is 2.81 bits per heavy atom. The highest BCUT2D eigenvalue weighted by atomic mass is 16.2. The molecule has 0 radical (unpaired) electrons. The zero-order chi connectivity index (χ0) is 18.3. The maximum absolute atomic E-state index is 12.5. The van der Waals surface area contributed by atoms with Gasteiger partial charge < -0.3 is 9.88 Å². The Hall–Kier alpha value is -2.83. The molecule has 26 heavy (non-hydrogen) atoms. The van der Waals surface area contributed by atoms with Crippen molar-refractivity contribution in [2.24, 2.45) is 13.0 Å². The van der Waals surface area contributed by atoms with Crippen molar-refractivity contribution < 1.29 is 4.79 Å². The van der Waals surface area contributed by atoms with Gasteiger partial charge in [0.1, 0.15) is 18.1 Å². The number of aromatic nitrogens is 5. The van der Waals surface area contributed by atoms with Gasteiger partial charge in [-0.1, -0.05) is 0 Å². The SMILES string of the molecule is Cc1cc(NC(=O)Cn2ccc(-c3cccn3C)n2)n([C@@H](C)C2CC2)n1. The molecule has 1 saturated carbocycles. The van der Waals surface area contributed by atoms with E-state index in [4.69, 9.17) is 0 Å². The number of aryl methyl sites for hydroxylation is 2. The average Bonchev–Trinajstić information content (AvgIpc) is 3.03. The van der Waals surface area contributed by atoms with E-state index in [0.29, 0.717) is 12.0 Å². The standard InChI is InChI=1S/C19H24N6O/c1-13-11-18(25(21-13)14(2)15-6-7-15)20-19(26)12-24-10-8-16(22-24)17-5-4-9-23(17)3/h4-5,8-11,14-15H,6-7,12H2,1-3H3,(H,20,26)/t14-/m0/s1. The van der Waals surface area contributed by atoms with Crippen LogP contribution in [0.25, 0.3) is 11.4 Å². The van der Waals surface area contributed by atoms with E-state index in [1.54, 1.807) is 4.68 Å². The molecule has 1 N–H and O–H groups in total. The molecule has 0 saturated heterocycles. The Morgan fingerprint density at radius 1 is 1.31 bits per heavy atom. The third-order valence-electron chi connectivity index (χ3n) is 4.97. The number of nitrogens with zero attached hydrogens (tertiary/aromatic N) is 5. The number of carbonyl (C=O) groups is 1. The average molecular weight is 352 g/mol. The van der Waals surface area contributed by atoms with Gasteiger partial charge in [-0.2, -0.15) is 10.2 Å². The van der Waals surface area contributed by atoms with Crippen LogP contribution in [0.15, 0.2) is 36.7 Å². The minimum absolute atomic E-state index is 0.101. The van der Waals surface area contributed by atoms with Crippen LogP contribution in [0.2, 0.25) is 0 Å². The van der Waals surface area contributed by atoms with Crippen LogP contribution in [0.3, 0.4) is 0 Å². The van der Waals surface area contributed by atoms with E-state index < -0.39 is 0 Å². The molecule has 1 fully saturated rings. The van der Waals surface area contributed by atoms with E-state index in [2.05, 4.69) is 22.4 Å². The van der Waals surface area contributed by atoms with Crippen LogP contribution in [-0.4, -0.2) is 30.0 Å². The zero-order valence-electron chi connectivity index (χ0n) is 15.4. The summed E-state index contributed by atoms with van der Waals surface area (Å²) in [6.45, 7) is 4.29. The molecule has 0 bridgehead atoms. The normalized spacial score (nSPS) is 15.2. The smallest absolute Gasteiger partial charge is 0.247 e. The van der Waals surface area contributed by atoms with Gasteiger partial charge in [-0.3, -0.25) is 9.48 Å². The molecule has 7 heteroatoms. The molecule has 1 aliphatic carbocycles. The van der Waals surface area contributed by atoms with Gasteiger partial charge >= 0.3 is 0 Å². The van der Waals surface area contributed by atoms with Crippen LogP contribution in [-0.2, 0) is 18.4 Å². The Bertz CT molecular complexity index is 930. The largest absolute Gasteiger partial charge is 0.349 e. The van der Waals surface area contributed by atoms with Gasteiger partial charge in [0, 0.05) is 25.5 Å². The molecule has 0 aliphatic heterocycles. The van der Waals surface area contributed by atoms with Crippen molar-refractivity contribution in [1.29, 1.82) is 0 Å². The van der Waals surface area contributed by atoms with Gasteiger partial charge in [0.25, 0.3) is 0 Å². The molecule has 3 heterocycles. The second-order valence-electron chi connectivity index (χ2n) is 7.14. The fourth-order valence-electron chi connectivity index (χ4n) is 3.34. The third kappa shape index (κ3) is 3.29. The molecule has 1 amide bonds. The van der Waals surface area contributed by atoms with Crippen LogP contribution in [0.5, 0.6) is 0 Å². The first kappa shape index (κ1) is 16.6. The van der Waals surface area contributed by atoms with Crippen molar-refractivity contribution in [3.05, 3.63) is 42.4 Å². The Balaban J connectivity index is 1.45. The third-order valence-corrected chi connectivity index (χ3v) is 4.97. The Labute approximate surface area is 152 Å². The summed E-state index contributed by atoms with van der Waals surface area (Å²) < 4.78 is 5.62. The molecule has 1 atom stereocenters. The first-order valence-corrected chi connectivity index (χ1v) is 9.02. The fraction of sp³-hybridized carbons (Fsp3) is 0.421. The topological polar surface area (TPSA) is 69.7 Å². The number of rotatable bonds is 6. The van der Waals surface area contributed by atoms with Crippen molar-refractivity contribution >= 4 is 11.7 Å². The van der Waals surface area contributed by atoms with Crippen molar-refractivity contribution in [2.75, 3.05) is 5.32 Å². The molecule has 7 nitrogen and oxygen atoms in total. The fourth-order valence-corrected chi connectivity index (χ4v) is 3.34. The summed E-state index contributed by atoms with van der Waals surface area (Å²) in [5, 5.41) is 12.1. The number of amides is 1. The summed E-state index contributed by atoms with van der Waals surface area (Å²) in [6, 6.07) is 8.15. The summed E-state index contributed by atoms with van der Waals surface area (Å²) >= 11 is 0. The molecule has 0 aromatic carbocycles. The number of carbonyl (C=O) groups excluding carboxylic acids is 1. The van der Waals surface area contributed by atoms with Gasteiger partial charge in [0.2, 0.25) is 5.91 Å². The van der Waals surface area contributed by atoms with Gasteiger partial charge in [-0.15, -0.1) is 0 Å². The van der Waals surface area contributed by atoms with E-state index in [1.807, 2.05) is 59.9 Å². The number of anilines is 1. The molecular formula is C19H24N6O. The van der Waals surface area contributed by atoms with Gasteiger partial charge in [0.05, 0.1) is 17.4 Å². The molecule has 3 aromatic heterocycles. The molecule has 0 spiro atoms. The highest BCUT2D eigenvalue weighted by Crippen LogP contribution is 2.40. The monoisotopic (exact) mass is 352 g/mol. The first-order chi connectivity index (χ1) is 12.5. The second-order valence-corrected chi connectivity index (χ2v) is 7.14. The lowest BCUT2D eigenvalue weighted by molar-refractivity contribution is -0.116. The summed E-state index contributed by atoms with van der Waals surface area (Å²) in [6.07, 6.45) is 6.29. The lowest BCUT2D eigenvalue weighted by atomic mass is 10.2. The number of nitrogens with one attached hydrogen (secondary N) is 1. The van der Waals surface area contributed by atoms with E-state index >= 15 is 0 Å². The highest BCUT2D eigenvalue weighted by Gasteiger charge is 2.31. The quantitative estimate of drug-likeness (QED) is 0.741. The highest BCUT2D eigenvalue weighted by molar-refractivity contribution is 5.89. The van der Waals surface area contributed by atoms with Crippen molar-refractivity contribution in [1.82, 2.24) is 24.1 Å². The van der Waals surface area contributed by atoms with Crippen molar-refractivity contribution in [3.63, 3.8) is 0 Å². The maximum atomic E-state index is 12.5. The second kappa shape index (κ2) is 6.48. The summed E-state index contributed by atoms with van der Waals surface area (Å²) in [4.78, 5) is 12.5. The lowest BCUT2D eigenvalue weighted by Gasteiger charge is -2.15. The molecule has 3 aromatic rings. The molecule has 4 rings (SSSR count). The van der Waals surface area contributed by atoms with E-state index in [-0.39, 0.29) is 12.5 Å². The summed E-state index contributed by atoms with van der Waals surface area (Å²) in [5.41, 5.74) is 2.79. The van der Waals surface area contributed by atoms with Gasteiger partial charge in [-0.05, 0) is 50.8 Å². The molecule has 136 valence electrons. The molecule has 0 unspecified atom stereocenters. The van der Waals surface area contributed by atoms with E-state index in [1.165, 1.54) is 12.8 Å². The minimum atomic E-state index is -0.101. The van der Waals surface area contributed by atoms with Gasteiger partial charge in [0.15, 0.2) is 0 Å². The predicted octanol–water partition coefficient (Wildman–Crippen LogP) is 3.00. The molecule has 1 aliphatic rings. The maximum Gasteiger partial charge on any atom is 0.247 e. The van der Waals surface area contributed by atoms with Crippen molar-refractivity contribution in [2.45, 2.75) is 39.3 Å². The van der Waals surface area contributed by atoms with Crippen LogP contribution < -0.4 is 5.32 Å². The zero-order valence-corrected chi connectivity index (χ0v) is 15.4. The molecular weight excluding hydrogens is 328 g/mol. The van der Waals surface area contributed by atoms with Crippen LogP contribution in [0.4, 0.5) is 5.82 Å². The predicted molar refractivity (Wildman–Crippen MR) is 99.7 cm³/mol. The number of hydrogen-bond acceptors (Lipinski definition) is 3. The van der Waals surface area contributed by atoms with Crippen molar-refractivity contribution in [3.8, 4) is 11.4 Å². The summed E-state index contributed by atoms with van der Waals surface area (Å²) in [5.74, 6) is 1.33. The number of hydrogen-bond donors (Lipinski definition) is 1. The lowest BCUT2D eigenvalue weighted by Crippen LogP contribution is -2.22. The van der Waals surface area contributed by atoms with Crippen LogP contribution >= 0.6 is 0 Å². The van der Waals surface area contributed by atoms with Gasteiger partial charge in [-0.25, -0.2) is 4.68 Å². The van der Waals surface area contributed by atoms with E-state index in [9.17, 15) is 4.79 Å². The minimum Gasteiger partial charge on any atom is -0.349 e.